The van der Waals surface area contributed by atoms with Crippen molar-refractivity contribution in [3.05, 3.63) is 46.5 Å². The number of aryl methyl sites for hydroxylation is 1. The number of nitrogens with zero attached hydrogens (tertiary/aromatic N) is 3. The summed E-state index contributed by atoms with van der Waals surface area (Å²) >= 11 is 6.26. The zero-order chi connectivity index (χ0) is 23.3. The molecule has 0 bridgehead atoms. The van der Waals surface area contributed by atoms with Crippen molar-refractivity contribution >= 4 is 35.0 Å². The van der Waals surface area contributed by atoms with Crippen molar-refractivity contribution in [3.63, 3.8) is 0 Å². The molecular weight excluding hydrogens is 442 g/mol. The third-order valence-corrected chi connectivity index (χ3v) is 7.26. The molecule has 2 aliphatic carbocycles. The third kappa shape index (κ3) is 3.90. The molecule has 3 aliphatic rings. The number of benzene rings is 1. The predicted octanol–water partition coefficient (Wildman–Crippen LogP) is 3.53. The van der Waals surface area contributed by atoms with E-state index in [4.69, 9.17) is 11.6 Å². The fourth-order valence-electron chi connectivity index (χ4n) is 5.04. The molecule has 2 aromatic rings. The average molecular weight is 470 g/mol. The first kappa shape index (κ1) is 21.9. The number of nitrogens with one attached hydrogen (secondary N) is 2. The lowest BCUT2D eigenvalue weighted by Gasteiger charge is -2.44. The third-order valence-electron chi connectivity index (χ3n) is 6.95. The molecule has 0 saturated heterocycles. The van der Waals surface area contributed by atoms with Crippen molar-refractivity contribution in [2.45, 2.75) is 76.5 Å². The molecule has 1 aromatic carbocycles. The Balaban J connectivity index is 1.44. The molecule has 1 atom stereocenters. The Labute approximate surface area is 197 Å². The molecule has 1 aromatic heterocycles. The molecule has 2 heterocycles. The molecule has 3 amide bonds. The minimum Gasteiger partial charge on any atom is -0.351 e. The number of fused-ring (bicyclic) bond motifs is 1. The van der Waals surface area contributed by atoms with Crippen molar-refractivity contribution < 1.29 is 14.4 Å². The van der Waals surface area contributed by atoms with Gasteiger partial charge in [-0.1, -0.05) is 30.5 Å². The summed E-state index contributed by atoms with van der Waals surface area (Å²) in [5.41, 5.74) is 0.664. The van der Waals surface area contributed by atoms with Crippen LogP contribution in [0.4, 0.5) is 5.69 Å². The van der Waals surface area contributed by atoms with Gasteiger partial charge in [0.15, 0.2) is 5.69 Å². The first-order valence-electron chi connectivity index (χ1n) is 11.5. The highest BCUT2D eigenvalue weighted by molar-refractivity contribution is 6.34. The number of halogens is 1. The molecule has 33 heavy (non-hydrogen) atoms. The van der Waals surface area contributed by atoms with E-state index in [1.807, 2.05) is 19.9 Å². The summed E-state index contributed by atoms with van der Waals surface area (Å²) < 4.78 is 1.64. The van der Waals surface area contributed by atoms with Gasteiger partial charge in [-0.2, -0.15) is 0 Å². The van der Waals surface area contributed by atoms with Gasteiger partial charge in [-0.15, -0.1) is 0 Å². The van der Waals surface area contributed by atoms with Gasteiger partial charge in [-0.05, 0) is 57.2 Å². The Hall–Kier alpha value is -2.87. The maximum Gasteiger partial charge on any atom is 0.276 e. The smallest absolute Gasteiger partial charge is 0.276 e. The van der Waals surface area contributed by atoms with E-state index in [-0.39, 0.29) is 41.8 Å². The number of amides is 3. The predicted molar refractivity (Wildman–Crippen MR) is 124 cm³/mol. The lowest BCUT2D eigenvalue weighted by Crippen LogP contribution is -2.65. The number of imidazole rings is 1. The zero-order valence-corrected chi connectivity index (χ0v) is 19.6. The maximum atomic E-state index is 13.7. The van der Waals surface area contributed by atoms with Crippen molar-refractivity contribution in [3.8, 4) is 0 Å². The SMILES string of the molecule is Cc1ccc(NC(=O)c2ncn3c2C(=O)N(C2CC2)[C@@](C)(C(=O)NC2CCCC2)C3)c(Cl)c1. The van der Waals surface area contributed by atoms with Gasteiger partial charge in [0.05, 0.1) is 23.6 Å². The highest BCUT2D eigenvalue weighted by atomic mass is 35.5. The molecule has 0 radical (unpaired) electrons. The van der Waals surface area contributed by atoms with Crippen LogP contribution in [0.15, 0.2) is 24.5 Å². The maximum absolute atomic E-state index is 13.7. The minimum absolute atomic E-state index is 0.00272. The van der Waals surface area contributed by atoms with E-state index in [0.29, 0.717) is 10.7 Å². The van der Waals surface area contributed by atoms with Gasteiger partial charge >= 0.3 is 0 Å². The fourth-order valence-corrected chi connectivity index (χ4v) is 5.32. The largest absolute Gasteiger partial charge is 0.351 e. The fraction of sp³-hybridized carbons (Fsp3) is 0.500. The van der Waals surface area contributed by atoms with Gasteiger partial charge in [0, 0.05) is 12.1 Å². The second-order valence-corrected chi connectivity index (χ2v) is 10.0. The highest BCUT2D eigenvalue weighted by Crippen LogP contribution is 2.39. The van der Waals surface area contributed by atoms with E-state index in [2.05, 4.69) is 15.6 Å². The second kappa shape index (κ2) is 8.17. The molecule has 5 rings (SSSR count). The molecular formula is C24H28ClN5O3. The molecule has 0 unspecified atom stereocenters. The van der Waals surface area contributed by atoms with Gasteiger partial charge in [-0.25, -0.2) is 4.98 Å². The summed E-state index contributed by atoms with van der Waals surface area (Å²) in [4.78, 5) is 46.1. The van der Waals surface area contributed by atoms with Crippen molar-refractivity contribution in [2.75, 3.05) is 5.32 Å². The molecule has 2 saturated carbocycles. The Morgan fingerprint density at radius 2 is 1.91 bits per heavy atom. The van der Waals surface area contributed by atoms with Crippen LogP contribution in [-0.4, -0.2) is 49.8 Å². The number of hydrogen-bond acceptors (Lipinski definition) is 4. The van der Waals surface area contributed by atoms with Gasteiger partial charge < -0.3 is 20.1 Å². The topological polar surface area (TPSA) is 96.3 Å². The van der Waals surface area contributed by atoms with Crippen molar-refractivity contribution in [2.24, 2.45) is 0 Å². The van der Waals surface area contributed by atoms with Crippen LogP contribution < -0.4 is 10.6 Å². The zero-order valence-electron chi connectivity index (χ0n) is 18.9. The molecule has 8 nitrogen and oxygen atoms in total. The van der Waals surface area contributed by atoms with Crippen LogP contribution in [0.5, 0.6) is 0 Å². The van der Waals surface area contributed by atoms with E-state index in [1.54, 1.807) is 21.6 Å². The molecule has 2 N–H and O–H groups in total. The Morgan fingerprint density at radius 1 is 1.18 bits per heavy atom. The number of anilines is 1. The Morgan fingerprint density at radius 3 is 2.58 bits per heavy atom. The first-order chi connectivity index (χ1) is 15.8. The van der Waals surface area contributed by atoms with E-state index in [0.717, 1.165) is 44.1 Å². The van der Waals surface area contributed by atoms with Gasteiger partial charge in [0.25, 0.3) is 11.8 Å². The van der Waals surface area contributed by atoms with Crippen LogP contribution in [0.2, 0.25) is 5.02 Å². The molecule has 9 heteroatoms. The van der Waals surface area contributed by atoms with Crippen molar-refractivity contribution in [1.82, 2.24) is 19.8 Å². The van der Waals surface area contributed by atoms with Crippen LogP contribution in [0, 0.1) is 6.92 Å². The lowest BCUT2D eigenvalue weighted by molar-refractivity contribution is -0.134. The molecule has 1 aliphatic heterocycles. The Kier molecular flexibility index (Phi) is 5.43. The number of hydrogen-bond donors (Lipinski definition) is 2. The second-order valence-electron chi connectivity index (χ2n) is 9.64. The summed E-state index contributed by atoms with van der Waals surface area (Å²) in [6.45, 7) is 3.99. The van der Waals surface area contributed by atoms with Crippen LogP contribution in [0.3, 0.4) is 0 Å². The number of carbonyl (C=O) groups is 3. The summed E-state index contributed by atoms with van der Waals surface area (Å²) in [6.07, 6.45) is 7.36. The van der Waals surface area contributed by atoms with Gasteiger partial charge in [0.2, 0.25) is 5.91 Å². The Bertz CT molecular complexity index is 1140. The van der Waals surface area contributed by atoms with E-state index >= 15 is 0 Å². The highest BCUT2D eigenvalue weighted by Gasteiger charge is 2.54. The van der Waals surface area contributed by atoms with E-state index in [1.165, 1.54) is 6.33 Å². The number of carbonyl (C=O) groups excluding carboxylic acids is 3. The summed E-state index contributed by atoms with van der Waals surface area (Å²) in [7, 11) is 0. The van der Waals surface area contributed by atoms with E-state index in [9.17, 15) is 14.4 Å². The standard InChI is InChI=1S/C24H28ClN5O3/c1-14-7-10-18(17(25)11-14)28-21(31)19-20-22(32)30(16-8-9-16)24(2,12-29(20)13-26-19)23(33)27-15-5-3-4-6-15/h7,10-11,13,15-16H,3-6,8-9,12H2,1-2H3,(H,27,33)(H,28,31)/t24-/m1/s1. The first-order valence-corrected chi connectivity index (χ1v) is 11.9. The normalized spacial score (nSPS) is 22.9. The minimum atomic E-state index is -1.03. The number of rotatable bonds is 5. The van der Waals surface area contributed by atoms with Crippen LogP contribution in [0.25, 0.3) is 0 Å². The van der Waals surface area contributed by atoms with Crippen LogP contribution in [-0.2, 0) is 11.3 Å². The molecule has 174 valence electrons. The summed E-state index contributed by atoms with van der Waals surface area (Å²) in [6, 6.07) is 5.49. The van der Waals surface area contributed by atoms with Crippen molar-refractivity contribution in [1.29, 1.82) is 0 Å². The molecule has 0 spiro atoms. The monoisotopic (exact) mass is 469 g/mol. The van der Waals surface area contributed by atoms with Gasteiger partial charge in [-0.3, -0.25) is 14.4 Å². The van der Waals surface area contributed by atoms with Crippen LogP contribution in [0.1, 0.15) is 72.0 Å². The quantitative estimate of drug-likeness (QED) is 0.700. The lowest BCUT2D eigenvalue weighted by atomic mass is 9.93. The number of aromatic nitrogens is 2. The van der Waals surface area contributed by atoms with E-state index < -0.39 is 11.4 Å². The summed E-state index contributed by atoms with van der Waals surface area (Å²) in [5, 5.41) is 6.35. The van der Waals surface area contributed by atoms with Gasteiger partial charge in [0.1, 0.15) is 11.2 Å². The summed E-state index contributed by atoms with van der Waals surface area (Å²) in [5.74, 6) is -0.963. The molecule has 2 fully saturated rings. The average Bonchev–Trinajstić information content (AvgIpc) is 3.28. The van der Waals surface area contributed by atoms with Crippen LogP contribution >= 0.6 is 11.6 Å².